The molecule has 34 heavy (non-hydrogen) atoms. The van der Waals surface area contributed by atoms with Crippen molar-refractivity contribution in [3.05, 3.63) is 58.8 Å². The third-order valence-corrected chi connectivity index (χ3v) is 6.51. The fraction of sp³-hybridized carbons (Fsp3) is 0.480. The van der Waals surface area contributed by atoms with Crippen molar-refractivity contribution in [2.24, 2.45) is 5.92 Å². The summed E-state index contributed by atoms with van der Waals surface area (Å²) in [7, 11) is 0. The van der Waals surface area contributed by atoms with Crippen LogP contribution in [0.1, 0.15) is 53.7 Å². The molecule has 1 saturated carbocycles. The van der Waals surface area contributed by atoms with Crippen LogP contribution in [0.15, 0.2) is 30.3 Å². The highest BCUT2D eigenvalue weighted by molar-refractivity contribution is 5.97. The molecule has 1 aliphatic heterocycles. The number of aliphatic carboxylic acids is 1. The molecule has 2 aromatic rings. The Bertz CT molecular complexity index is 1020. The number of anilines is 1. The fourth-order valence-electron chi connectivity index (χ4n) is 4.46. The minimum Gasteiger partial charge on any atom is -0.480 e. The van der Waals surface area contributed by atoms with Gasteiger partial charge in [0.25, 0.3) is 5.91 Å². The maximum absolute atomic E-state index is 13.8. The van der Waals surface area contributed by atoms with Gasteiger partial charge in [-0.05, 0) is 68.2 Å². The predicted molar refractivity (Wildman–Crippen MR) is 122 cm³/mol. The first-order valence-corrected chi connectivity index (χ1v) is 11.7. The van der Waals surface area contributed by atoms with E-state index >= 15 is 0 Å². The normalized spacial score (nSPS) is 19.9. The second-order valence-electron chi connectivity index (χ2n) is 8.96. The second-order valence-corrected chi connectivity index (χ2v) is 8.96. The van der Waals surface area contributed by atoms with Crippen molar-refractivity contribution < 1.29 is 28.2 Å². The van der Waals surface area contributed by atoms with E-state index in [0.29, 0.717) is 5.92 Å². The number of rotatable bonds is 10. The molecule has 3 N–H and O–H groups in total. The van der Waals surface area contributed by atoms with Gasteiger partial charge in [-0.1, -0.05) is 12.1 Å². The van der Waals surface area contributed by atoms with Gasteiger partial charge in [0.05, 0.1) is 6.10 Å². The van der Waals surface area contributed by atoms with Crippen LogP contribution in [-0.2, 0) is 22.4 Å². The van der Waals surface area contributed by atoms with Crippen LogP contribution in [0.2, 0.25) is 0 Å². The van der Waals surface area contributed by atoms with Gasteiger partial charge in [-0.15, -0.1) is 0 Å². The zero-order valence-corrected chi connectivity index (χ0v) is 18.9. The molecule has 0 spiro atoms. The summed E-state index contributed by atoms with van der Waals surface area (Å²) in [4.78, 5) is 28.4. The number of carbonyl (C=O) groups is 2. The number of ether oxygens (including phenoxy) is 1. The second kappa shape index (κ2) is 10.9. The zero-order valence-electron chi connectivity index (χ0n) is 18.9. The number of carbonyl (C=O) groups excluding carboxylic acids is 1. The van der Waals surface area contributed by atoms with E-state index in [4.69, 9.17) is 9.72 Å². The molecule has 1 aliphatic carbocycles. The van der Waals surface area contributed by atoms with Crippen LogP contribution >= 0.6 is 0 Å². The molecule has 2 aliphatic rings. The van der Waals surface area contributed by atoms with Gasteiger partial charge in [0.2, 0.25) is 0 Å². The van der Waals surface area contributed by atoms with Gasteiger partial charge in [-0.3, -0.25) is 4.79 Å². The highest BCUT2D eigenvalue weighted by atomic mass is 19.1. The Hall–Kier alpha value is -3.07. The average Bonchev–Trinajstić information content (AvgIpc) is 2.78. The number of aromatic nitrogens is 1. The van der Waals surface area contributed by atoms with Crippen molar-refractivity contribution in [2.45, 2.75) is 57.1 Å². The minimum atomic E-state index is -1.30. The Balaban J connectivity index is 1.17. The standard InChI is InChI=1S/C25H29F2N3O4/c26-19-4-1-5-20(27)22(19)24(31)30-21(25(32)33)10-12-34-18-13-15(14-18)6-8-17-9-7-16-3-2-11-28-23(16)29-17/h1,4-5,7,9,15,18,21H,2-3,6,8,10-14H2,(H,28,29)(H,30,31)(H,32,33)/t15-,18-,21?. The Morgan fingerprint density at radius 3 is 2.71 bits per heavy atom. The zero-order chi connectivity index (χ0) is 24.1. The Kier molecular flexibility index (Phi) is 7.72. The molecule has 1 aromatic heterocycles. The molecule has 182 valence electrons. The third kappa shape index (κ3) is 5.88. The Morgan fingerprint density at radius 1 is 1.21 bits per heavy atom. The van der Waals surface area contributed by atoms with Gasteiger partial charge in [0.1, 0.15) is 29.1 Å². The largest absolute Gasteiger partial charge is 0.480 e. The van der Waals surface area contributed by atoms with E-state index in [1.165, 1.54) is 5.56 Å². The molecule has 0 saturated heterocycles. The first-order chi connectivity index (χ1) is 16.4. The average molecular weight is 474 g/mol. The van der Waals surface area contributed by atoms with E-state index in [1.807, 2.05) is 0 Å². The summed E-state index contributed by atoms with van der Waals surface area (Å²) >= 11 is 0. The first-order valence-electron chi connectivity index (χ1n) is 11.7. The molecule has 1 unspecified atom stereocenters. The quantitative estimate of drug-likeness (QED) is 0.486. The van der Waals surface area contributed by atoms with Gasteiger partial charge < -0.3 is 20.5 Å². The maximum atomic E-state index is 13.8. The van der Waals surface area contributed by atoms with Crippen molar-refractivity contribution in [2.75, 3.05) is 18.5 Å². The van der Waals surface area contributed by atoms with E-state index in [0.717, 1.165) is 74.8 Å². The number of benzene rings is 1. The van der Waals surface area contributed by atoms with Crippen molar-refractivity contribution in [1.29, 1.82) is 0 Å². The lowest BCUT2D eigenvalue weighted by Gasteiger charge is -2.35. The summed E-state index contributed by atoms with van der Waals surface area (Å²) in [5.74, 6) is -2.92. The van der Waals surface area contributed by atoms with Crippen molar-refractivity contribution >= 4 is 17.7 Å². The monoisotopic (exact) mass is 473 g/mol. The van der Waals surface area contributed by atoms with Crippen LogP contribution in [0, 0.1) is 17.6 Å². The van der Waals surface area contributed by atoms with Crippen LogP contribution < -0.4 is 10.6 Å². The van der Waals surface area contributed by atoms with Gasteiger partial charge >= 0.3 is 5.97 Å². The van der Waals surface area contributed by atoms with E-state index in [1.54, 1.807) is 0 Å². The molecule has 0 bridgehead atoms. The number of nitrogens with one attached hydrogen (secondary N) is 2. The highest BCUT2D eigenvalue weighted by Gasteiger charge is 2.30. The van der Waals surface area contributed by atoms with Crippen molar-refractivity contribution in [1.82, 2.24) is 10.3 Å². The van der Waals surface area contributed by atoms with Crippen LogP contribution in [-0.4, -0.2) is 47.3 Å². The Labute approximate surface area is 196 Å². The van der Waals surface area contributed by atoms with Crippen LogP contribution in [0.25, 0.3) is 0 Å². The number of amides is 1. The number of aryl methyl sites for hydroxylation is 2. The molecule has 2 heterocycles. The molecule has 7 nitrogen and oxygen atoms in total. The number of carboxylic acid groups (broad SMARTS) is 1. The molecule has 1 aromatic carbocycles. The lowest BCUT2D eigenvalue weighted by Crippen LogP contribution is -2.42. The van der Waals surface area contributed by atoms with E-state index in [-0.39, 0.29) is 19.1 Å². The summed E-state index contributed by atoms with van der Waals surface area (Å²) in [6, 6.07) is 5.99. The SMILES string of the molecule is O=C(NC(CCO[C@H]1C[C@H](CCc2ccc3c(n2)NCCC3)C1)C(=O)O)c1c(F)cccc1F. The smallest absolute Gasteiger partial charge is 0.326 e. The van der Waals surface area contributed by atoms with E-state index < -0.39 is 35.1 Å². The summed E-state index contributed by atoms with van der Waals surface area (Å²) in [5, 5.41) is 14.9. The van der Waals surface area contributed by atoms with Crippen LogP contribution in [0.3, 0.4) is 0 Å². The number of nitrogens with zero attached hydrogens (tertiary/aromatic N) is 1. The van der Waals surface area contributed by atoms with Crippen molar-refractivity contribution in [3.63, 3.8) is 0 Å². The van der Waals surface area contributed by atoms with Crippen molar-refractivity contribution in [3.8, 4) is 0 Å². The lowest BCUT2D eigenvalue weighted by atomic mass is 9.79. The van der Waals surface area contributed by atoms with Crippen LogP contribution in [0.5, 0.6) is 0 Å². The number of hydrogen-bond donors (Lipinski definition) is 3. The molecular formula is C25H29F2N3O4. The Morgan fingerprint density at radius 2 is 1.97 bits per heavy atom. The number of fused-ring (bicyclic) bond motifs is 1. The molecule has 4 rings (SSSR count). The highest BCUT2D eigenvalue weighted by Crippen LogP contribution is 2.34. The van der Waals surface area contributed by atoms with Gasteiger partial charge in [0, 0.05) is 25.3 Å². The molecular weight excluding hydrogens is 444 g/mol. The number of carboxylic acids is 1. The molecule has 9 heteroatoms. The lowest BCUT2D eigenvalue weighted by molar-refractivity contribution is -0.140. The molecule has 1 amide bonds. The van der Waals surface area contributed by atoms with Gasteiger partial charge in [0.15, 0.2) is 0 Å². The third-order valence-electron chi connectivity index (χ3n) is 6.51. The molecule has 1 atom stereocenters. The molecule has 0 radical (unpaired) electrons. The summed E-state index contributed by atoms with van der Waals surface area (Å²) in [5.41, 5.74) is 1.58. The number of hydrogen-bond acceptors (Lipinski definition) is 5. The summed E-state index contributed by atoms with van der Waals surface area (Å²) in [6.45, 7) is 1.10. The first kappa shape index (κ1) is 24.1. The maximum Gasteiger partial charge on any atom is 0.326 e. The van der Waals surface area contributed by atoms with E-state index in [2.05, 4.69) is 22.8 Å². The van der Waals surface area contributed by atoms with Gasteiger partial charge in [-0.25, -0.2) is 18.6 Å². The molecule has 1 fully saturated rings. The number of pyridine rings is 1. The van der Waals surface area contributed by atoms with Crippen LogP contribution in [0.4, 0.5) is 14.6 Å². The minimum absolute atomic E-state index is 0.00432. The van der Waals surface area contributed by atoms with E-state index in [9.17, 15) is 23.5 Å². The topological polar surface area (TPSA) is 101 Å². The van der Waals surface area contributed by atoms with Gasteiger partial charge in [-0.2, -0.15) is 0 Å². The summed E-state index contributed by atoms with van der Waals surface area (Å²) in [6.07, 6.45) is 5.99. The summed E-state index contributed by atoms with van der Waals surface area (Å²) < 4.78 is 33.3. The fourth-order valence-corrected chi connectivity index (χ4v) is 4.46. The number of halogens is 2. The predicted octanol–water partition coefficient (Wildman–Crippen LogP) is 3.72.